The van der Waals surface area contributed by atoms with Crippen molar-refractivity contribution in [2.45, 2.75) is 6.42 Å². The number of rotatable bonds is 8. The predicted octanol–water partition coefficient (Wildman–Crippen LogP) is 4.94. The van der Waals surface area contributed by atoms with Crippen LogP contribution in [0.15, 0.2) is 103 Å². The van der Waals surface area contributed by atoms with Crippen molar-refractivity contribution in [2.24, 2.45) is 0 Å². The van der Waals surface area contributed by atoms with Crippen LogP contribution in [0, 0.1) is 0 Å². The van der Waals surface area contributed by atoms with E-state index in [4.69, 9.17) is 4.74 Å². The molecule has 0 aliphatic rings. The molecule has 1 aromatic heterocycles. The minimum atomic E-state index is -0.309. The Kier molecular flexibility index (Phi) is 7.08. The van der Waals surface area contributed by atoms with Crippen molar-refractivity contribution in [3.63, 3.8) is 0 Å². The van der Waals surface area contributed by atoms with Crippen LogP contribution in [-0.2, 0) is 11.2 Å². The van der Waals surface area contributed by atoms with Crippen molar-refractivity contribution in [3.8, 4) is 5.75 Å². The van der Waals surface area contributed by atoms with Gasteiger partial charge in [-0.05, 0) is 47.5 Å². The Morgan fingerprint density at radius 2 is 1.52 bits per heavy atom. The maximum Gasteiger partial charge on any atom is 0.262 e. The molecule has 3 aromatic carbocycles. The van der Waals surface area contributed by atoms with Gasteiger partial charge in [0.25, 0.3) is 11.8 Å². The Morgan fingerprint density at radius 1 is 0.758 bits per heavy atom. The molecule has 4 aromatic rings. The summed E-state index contributed by atoms with van der Waals surface area (Å²) in [4.78, 5) is 28.9. The maximum atomic E-state index is 12.5. The Labute approximate surface area is 192 Å². The first-order valence-electron chi connectivity index (χ1n) is 10.5. The minimum Gasteiger partial charge on any atom is -0.483 e. The maximum absolute atomic E-state index is 12.5. The Morgan fingerprint density at radius 3 is 2.33 bits per heavy atom. The number of aromatic nitrogens is 1. The summed E-state index contributed by atoms with van der Waals surface area (Å²) in [5.41, 5.74) is 3.76. The number of hydrogen-bond acceptors (Lipinski definition) is 4. The van der Waals surface area contributed by atoms with Gasteiger partial charge in [0.05, 0.1) is 0 Å². The molecule has 0 aliphatic carbocycles. The zero-order valence-electron chi connectivity index (χ0n) is 17.9. The van der Waals surface area contributed by atoms with Crippen LogP contribution >= 0.6 is 0 Å². The molecule has 0 spiro atoms. The van der Waals surface area contributed by atoms with Gasteiger partial charge in [0.1, 0.15) is 5.75 Å². The SMILES string of the molecule is O=C(COc1ccccc1Cc1ccccc1)Nc1cccc(C(=O)Nc2ccncc2)c1. The van der Waals surface area contributed by atoms with E-state index in [9.17, 15) is 9.59 Å². The van der Waals surface area contributed by atoms with Gasteiger partial charge >= 0.3 is 0 Å². The lowest BCUT2D eigenvalue weighted by atomic mass is 10.0. The summed E-state index contributed by atoms with van der Waals surface area (Å²) < 4.78 is 5.80. The average molecular weight is 437 g/mol. The number of anilines is 2. The molecular formula is C27H23N3O3. The summed E-state index contributed by atoms with van der Waals surface area (Å²) in [5, 5.41) is 5.58. The van der Waals surface area contributed by atoms with E-state index in [1.54, 1.807) is 48.8 Å². The van der Waals surface area contributed by atoms with Gasteiger partial charge in [0, 0.05) is 35.8 Å². The third kappa shape index (κ3) is 6.27. The number of benzene rings is 3. The van der Waals surface area contributed by atoms with Crippen LogP contribution < -0.4 is 15.4 Å². The number of pyridine rings is 1. The topological polar surface area (TPSA) is 80.3 Å². The molecule has 0 aliphatic heterocycles. The van der Waals surface area contributed by atoms with Gasteiger partial charge in [-0.25, -0.2) is 0 Å². The lowest BCUT2D eigenvalue weighted by Crippen LogP contribution is -2.21. The second-order valence-corrected chi connectivity index (χ2v) is 7.38. The van der Waals surface area contributed by atoms with Crippen molar-refractivity contribution < 1.29 is 14.3 Å². The van der Waals surface area contributed by atoms with E-state index in [1.165, 1.54) is 5.56 Å². The van der Waals surface area contributed by atoms with E-state index in [2.05, 4.69) is 27.8 Å². The van der Waals surface area contributed by atoms with Crippen LogP contribution in [0.5, 0.6) is 5.75 Å². The van der Waals surface area contributed by atoms with Gasteiger partial charge in [-0.1, -0.05) is 54.6 Å². The second kappa shape index (κ2) is 10.7. The highest BCUT2D eigenvalue weighted by Crippen LogP contribution is 2.21. The van der Waals surface area contributed by atoms with Crippen molar-refractivity contribution in [3.05, 3.63) is 120 Å². The highest BCUT2D eigenvalue weighted by atomic mass is 16.5. The zero-order chi connectivity index (χ0) is 22.9. The largest absolute Gasteiger partial charge is 0.483 e. The van der Waals surface area contributed by atoms with Gasteiger partial charge in [-0.2, -0.15) is 0 Å². The molecule has 2 amide bonds. The van der Waals surface area contributed by atoms with E-state index in [0.717, 1.165) is 5.56 Å². The standard InChI is InChI=1S/C27H23N3O3/c31-26(19-33-25-12-5-4-9-21(25)17-20-7-2-1-3-8-20)29-24-11-6-10-22(18-24)27(32)30-23-13-15-28-16-14-23/h1-16,18H,17,19H2,(H,29,31)(H,28,30,32). The molecule has 0 radical (unpaired) electrons. The molecule has 6 nitrogen and oxygen atoms in total. The molecule has 6 heteroatoms. The summed E-state index contributed by atoms with van der Waals surface area (Å²) >= 11 is 0. The Balaban J connectivity index is 1.35. The first kappa shape index (κ1) is 21.8. The van der Waals surface area contributed by atoms with Crippen molar-refractivity contribution in [1.29, 1.82) is 0 Å². The molecule has 2 N–H and O–H groups in total. The third-order valence-electron chi connectivity index (χ3n) is 4.92. The normalized spacial score (nSPS) is 10.3. The molecule has 0 bridgehead atoms. The van der Waals surface area contributed by atoms with Gasteiger partial charge in [-0.3, -0.25) is 14.6 Å². The third-order valence-corrected chi connectivity index (χ3v) is 4.92. The molecule has 0 fully saturated rings. The molecule has 0 unspecified atom stereocenters. The van der Waals surface area contributed by atoms with Crippen molar-refractivity contribution >= 4 is 23.2 Å². The summed E-state index contributed by atoms with van der Waals surface area (Å²) in [6, 6.07) is 27.9. The smallest absolute Gasteiger partial charge is 0.262 e. The summed E-state index contributed by atoms with van der Waals surface area (Å²) in [6.45, 7) is -0.140. The van der Waals surface area contributed by atoms with Gasteiger partial charge in [0.15, 0.2) is 6.61 Å². The molecular weight excluding hydrogens is 414 g/mol. The fraction of sp³-hybridized carbons (Fsp3) is 0.0741. The number of nitrogens with zero attached hydrogens (tertiary/aromatic N) is 1. The summed E-state index contributed by atoms with van der Waals surface area (Å²) in [6.07, 6.45) is 3.92. The molecule has 0 saturated carbocycles. The van der Waals surface area contributed by atoms with Gasteiger partial charge in [0.2, 0.25) is 0 Å². The highest BCUT2D eigenvalue weighted by molar-refractivity contribution is 6.05. The number of nitrogens with one attached hydrogen (secondary N) is 2. The van der Waals surface area contributed by atoms with E-state index in [0.29, 0.717) is 29.1 Å². The van der Waals surface area contributed by atoms with E-state index in [1.807, 2.05) is 42.5 Å². The number of hydrogen-bond donors (Lipinski definition) is 2. The number of carbonyl (C=O) groups is 2. The summed E-state index contributed by atoms with van der Waals surface area (Å²) in [5.74, 6) is 0.0848. The predicted molar refractivity (Wildman–Crippen MR) is 128 cm³/mol. The molecule has 4 rings (SSSR count). The molecule has 0 atom stereocenters. The van der Waals surface area contributed by atoms with Crippen LogP contribution in [0.25, 0.3) is 0 Å². The van der Waals surface area contributed by atoms with Crippen LogP contribution in [0.3, 0.4) is 0 Å². The lowest BCUT2D eigenvalue weighted by Gasteiger charge is -2.12. The quantitative estimate of drug-likeness (QED) is 0.409. The van der Waals surface area contributed by atoms with Crippen LogP contribution in [0.2, 0.25) is 0 Å². The fourth-order valence-corrected chi connectivity index (χ4v) is 3.32. The van der Waals surface area contributed by atoms with Gasteiger partial charge < -0.3 is 15.4 Å². The van der Waals surface area contributed by atoms with Crippen LogP contribution in [0.4, 0.5) is 11.4 Å². The first-order chi connectivity index (χ1) is 16.2. The number of amides is 2. The van der Waals surface area contributed by atoms with Crippen molar-refractivity contribution in [1.82, 2.24) is 4.98 Å². The molecule has 164 valence electrons. The van der Waals surface area contributed by atoms with Crippen LogP contribution in [0.1, 0.15) is 21.5 Å². The minimum absolute atomic E-state index is 0.140. The second-order valence-electron chi connectivity index (χ2n) is 7.38. The molecule has 0 saturated heterocycles. The number of carbonyl (C=O) groups excluding carboxylic acids is 2. The van der Waals surface area contributed by atoms with Crippen molar-refractivity contribution in [2.75, 3.05) is 17.2 Å². The van der Waals surface area contributed by atoms with E-state index >= 15 is 0 Å². The fourth-order valence-electron chi connectivity index (χ4n) is 3.32. The average Bonchev–Trinajstić information content (AvgIpc) is 2.85. The molecule has 1 heterocycles. The number of ether oxygens (including phenoxy) is 1. The number of para-hydroxylation sites is 1. The first-order valence-corrected chi connectivity index (χ1v) is 10.5. The molecule has 33 heavy (non-hydrogen) atoms. The van der Waals surface area contributed by atoms with E-state index < -0.39 is 0 Å². The lowest BCUT2D eigenvalue weighted by molar-refractivity contribution is -0.118. The monoisotopic (exact) mass is 437 g/mol. The zero-order valence-corrected chi connectivity index (χ0v) is 17.9. The Hall–Kier alpha value is -4.45. The van der Waals surface area contributed by atoms with Gasteiger partial charge in [-0.15, -0.1) is 0 Å². The highest BCUT2D eigenvalue weighted by Gasteiger charge is 2.10. The van der Waals surface area contributed by atoms with Crippen LogP contribution in [-0.4, -0.2) is 23.4 Å². The Bertz CT molecular complexity index is 1230. The van der Waals surface area contributed by atoms with E-state index in [-0.39, 0.29) is 18.4 Å². The summed E-state index contributed by atoms with van der Waals surface area (Å²) in [7, 11) is 0.